The second-order valence-electron chi connectivity index (χ2n) is 5.63. The van der Waals surface area contributed by atoms with Crippen LogP contribution in [0.2, 0.25) is 0 Å². The van der Waals surface area contributed by atoms with E-state index in [1.54, 1.807) is 39.5 Å². The number of ether oxygens (including phenoxy) is 3. The third-order valence-corrected chi connectivity index (χ3v) is 3.71. The quantitative estimate of drug-likeness (QED) is 0.798. The smallest absolute Gasteiger partial charge is 0.238 e. The number of rotatable bonds is 8. The Balaban J connectivity index is 1.92. The van der Waals surface area contributed by atoms with Crippen LogP contribution >= 0.6 is 0 Å². The zero-order chi connectivity index (χ0) is 18.2. The molecule has 6 heteroatoms. The molecule has 0 fully saturated rings. The average Bonchev–Trinajstić information content (AvgIpc) is 2.62. The molecule has 134 valence electrons. The predicted molar refractivity (Wildman–Crippen MR) is 97.5 cm³/mol. The summed E-state index contributed by atoms with van der Waals surface area (Å²) >= 11 is 0. The molecule has 0 saturated carbocycles. The number of hydrogen-bond donors (Lipinski definition) is 1. The van der Waals surface area contributed by atoms with Gasteiger partial charge in [-0.15, -0.1) is 0 Å². The minimum Gasteiger partial charge on any atom is -0.497 e. The van der Waals surface area contributed by atoms with E-state index in [0.717, 1.165) is 11.3 Å². The Bertz CT molecular complexity index is 701. The first-order chi connectivity index (χ1) is 12.0. The van der Waals surface area contributed by atoms with Crippen molar-refractivity contribution >= 4 is 11.6 Å². The number of benzene rings is 2. The van der Waals surface area contributed by atoms with Gasteiger partial charge in [-0.2, -0.15) is 0 Å². The number of likely N-dealkylation sites (N-methyl/N-ethyl adjacent to an activating group) is 1. The molecule has 2 aromatic carbocycles. The number of nitrogens with zero attached hydrogens (tertiary/aromatic N) is 1. The van der Waals surface area contributed by atoms with E-state index >= 15 is 0 Å². The Morgan fingerprint density at radius 3 is 2.20 bits per heavy atom. The summed E-state index contributed by atoms with van der Waals surface area (Å²) < 4.78 is 15.6. The second kappa shape index (κ2) is 8.94. The SMILES string of the molecule is COc1ccc(CN(C)CC(=O)Nc2ccc(OC)cc2OC)cc1. The summed E-state index contributed by atoms with van der Waals surface area (Å²) in [5, 5.41) is 2.87. The number of methoxy groups -OCH3 is 3. The van der Waals surface area contributed by atoms with Gasteiger partial charge in [0.15, 0.2) is 0 Å². The third-order valence-electron chi connectivity index (χ3n) is 3.71. The van der Waals surface area contributed by atoms with Crippen LogP contribution in [0, 0.1) is 0 Å². The Hall–Kier alpha value is -2.73. The molecule has 0 aliphatic heterocycles. The Kier molecular flexibility index (Phi) is 6.65. The summed E-state index contributed by atoms with van der Waals surface area (Å²) in [7, 11) is 6.68. The van der Waals surface area contributed by atoms with Crippen LogP contribution in [0.5, 0.6) is 17.2 Å². The number of amides is 1. The van der Waals surface area contributed by atoms with Gasteiger partial charge in [0.05, 0.1) is 33.6 Å². The molecule has 0 aliphatic rings. The van der Waals surface area contributed by atoms with E-state index in [0.29, 0.717) is 23.7 Å². The predicted octanol–water partition coefficient (Wildman–Crippen LogP) is 2.78. The van der Waals surface area contributed by atoms with Gasteiger partial charge in [0.1, 0.15) is 17.2 Å². The topological polar surface area (TPSA) is 60.0 Å². The van der Waals surface area contributed by atoms with E-state index in [1.807, 2.05) is 36.2 Å². The lowest BCUT2D eigenvalue weighted by molar-refractivity contribution is -0.117. The molecular weight excluding hydrogens is 320 g/mol. The van der Waals surface area contributed by atoms with Gasteiger partial charge in [0, 0.05) is 12.6 Å². The van der Waals surface area contributed by atoms with Crippen LogP contribution in [-0.2, 0) is 11.3 Å². The van der Waals surface area contributed by atoms with Crippen LogP contribution in [0.25, 0.3) is 0 Å². The minimum absolute atomic E-state index is 0.112. The molecule has 0 saturated heterocycles. The number of carbonyl (C=O) groups is 1. The van der Waals surface area contributed by atoms with E-state index in [4.69, 9.17) is 14.2 Å². The van der Waals surface area contributed by atoms with Gasteiger partial charge in [0.2, 0.25) is 5.91 Å². The molecule has 0 bridgehead atoms. The summed E-state index contributed by atoms with van der Waals surface area (Å²) in [4.78, 5) is 14.2. The molecule has 25 heavy (non-hydrogen) atoms. The Labute approximate surface area is 148 Å². The van der Waals surface area contributed by atoms with Gasteiger partial charge in [-0.25, -0.2) is 0 Å². The molecule has 0 aromatic heterocycles. The lowest BCUT2D eigenvalue weighted by atomic mass is 10.2. The number of hydrogen-bond acceptors (Lipinski definition) is 5. The number of anilines is 1. The Morgan fingerprint density at radius 1 is 0.960 bits per heavy atom. The monoisotopic (exact) mass is 344 g/mol. The first kappa shape index (κ1) is 18.6. The van der Waals surface area contributed by atoms with Crippen molar-refractivity contribution in [2.45, 2.75) is 6.54 Å². The van der Waals surface area contributed by atoms with Crippen molar-refractivity contribution < 1.29 is 19.0 Å². The fourth-order valence-electron chi connectivity index (χ4n) is 2.44. The second-order valence-corrected chi connectivity index (χ2v) is 5.63. The van der Waals surface area contributed by atoms with Gasteiger partial charge in [0.25, 0.3) is 0 Å². The van der Waals surface area contributed by atoms with Gasteiger partial charge >= 0.3 is 0 Å². The molecule has 1 N–H and O–H groups in total. The van der Waals surface area contributed by atoms with E-state index < -0.39 is 0 Å². The van der Waals surface area contributed by atoms with Gasteiger partial charge in [-0.1, -0.05) is 12.1 Å². The highest BCUT2D eigenvalue weighted by Gasteiger charge is 2.11. The van der Waals surface area contributed by atoms with Gasteiger partial charge < -0.3 is 19.5 Å². The van der Waals surface area contributed by atoms with Crippen molar-refractivity contribution in [1.29, 1.82) is 0 Å². The maximum absolute atomic E-state index is 12.3. The van der Waals surface area contributed by atoms with Crippen LogP contribution in [-0.4, -0.2) is 45.7 Å². The molecule has 0 spiro atoms. The largest absolute Gasteiger partial charge is 0.497 e. The van der Waals surface area contributed by atoms with E-state index in [2.05, 4.69) is 5.32 Å². The van der Waals surface area contributed by atoms with Crippen molar-refractivity contribution in [3.05, 3.63) is 48.0 Å². The molecule has 0 atom stereocenters. The Morgan fingerprint density at radius 2 is 1.60 bits per heavy atom. The minimum atomic E-state index is -0.112. The molecule has 0 radical (unpaired) electrons. The van der Waals surface area contributed by atoms with Crippen LogP contribution in [0.1, 0.15) is 5.56 Å². The molecule has 0 aliphatic carbocycles. The van der Waals surface area contributed by atoms with Crippen molar-refractivity contribution in [2.24, 2.45) is 0 Å². The number of carbonyl (C=O) groups excluding carboxylic acids is 1. The molecule has 1 amide bonds. The zero-order valence-electron chi connectivity index (χ0n) is 15.0. The fourth-order valence-corrected chi connectivity index (χ4v) is 2.44. The lowest BCUT2D eigenvalue weighted by Crippen LogP contribution is -2.29. The van der Waals surface area contributed by atoms with Crippen molar-refractivity contribution in [1.82, 2.24) is 4.90 Å². The summed E-state index contributed by atoms with van der Waals surface area (Å²) in [6.45, 7) is 0.929. The fraction of sp³-hybridized carbons (Fsp3) is 0.316. The van der Waals surface area contributed by atoms with E-state index in [1.165, 1.54) is 0 Å². The van der Waals surface area contributed by atoms with E-state index in [9.17, 15) is 4.79 Å². The maximum atomic E-state index is 12.3. The maximum Gasteiger partial charge on any atom is 0.238 e. The first-order valence-corrected chi connectivity index (χ1v) is 7.89. The van der Waals surface area contributed by atoms with Crippen molar-refractivity contribution in [3.8, 4) is 17.2 Å². The van der Waals surface area contributed by atoms with Gasteiger partial charge in [-0.3, -0.25) is 9.69 Å². The van der Waals surface area contributed by atoms with E-state index in [-0.39, 0.29) is 12.5 Å². The van der Waals surface area contributed by atoms with Gasteiger partial charge in [-0.05, 0) is 36.9 Å². The molecule has 2 rings (SSSR count). The van der Waals surface area contributed by atoms with Crippen molar-refractivity contribution in [2.75, 3.05) is 40.2 Å². The van der Waals surface area contributed by atoms with Crippen LogP contribution < -0.4 is 19.5 Å². The van der Waals surface area contributed by atoms with Crippen molar-refractivity contribution in [3.63, 3.8) is 0 Å². The highest BCUT2D eigenvalue weighted by molar-refractivity contribution is 5.93. The van der Waals surface area contributed by atoms with Crippen LogP contribution in [0.15, 0.2) is 42.5 Å². The highest BCUT2D eigenvalue weighted by atomic mass is 16.5. The molecule has 2 aromatic rings. The zero-order valence-corrected chi connectivity index (χ0v) is 15.0. The lowest BCUT2D eigenvalue weighted by Gasteiger charge is -2.17. The summed E-state index contributed by atoms with van der Waals surface area (Å²) in [5.74, 6) is 1.94. The van der Waals surface area contributed by atoms with Crippen LogP contribution in [0.4, 0.5) is 5.69 Å². The molecule has 0 unspecified atom stereocenters. The standard InChI is InChI=1S/C19H24N2O4/c1-21(12-14-5-7-15(23-2)8-6-14)13-19(22)20-17-10-9-16(24-3)11-18(17)25-4/h5-11H,12-13H2,1-4H3,(H,20,22). The average molecular weight is 344 g/mol. The normalized spacial score (nSPS) is 10.4. The third kappa shape index (κ3) is 5.39. The molecule has 6 nitrogen and oxygen atoms in total. The highest BCUT2D eigenvalue weighted by Crippen LogP contribution is 2.28. The summed E-state index contributed by atoms with van der Waals surface area (Å²) in [6, 6.07) is 13.1. The molecule has 0 heterocycles. The van der Waals surface area contributed by atoms with Crippen LogP contribution in [0.3, 0.4) is 0 Å². The summed E-state index contributed by atoms with van der Waals surface area (Å²) in [5.41, 5.74) is 1.73. The number of nitrogens with one attached hydrogen (secondary N) is 1. The summed E-state index contributed by atoms with van der Waals surface area (Å²) in [6.07, 6.45) is 0. The first-order valence-electron chi connectivity index (χ1n) is 7.89. The molecular formula is C19H24N2O4.